The number of aromatic nitrogens is 4. The van der Waals surface area contributed by atoms with Crippen LogP contribution in [-0.4, -0.2) is 37.9 Å². The second kappa shape index (κ2) is 7.23. The van der Waals surface area contributed by atoms with E-state index in [0.29, 0.717) is 9.86 Å². The smallest absolute Gasteiger partial charge is 0.275 e. The molecule has 2 atom stereocenters. The molecule has 8 nitrogen and oxygen atoms in total. The number of hydrogen-bond donors (Lipinski definition) is 1. The fourth-order valence-corrected chi connectivity index (χ4v) is 2.87. The SMILES string of the molecule is O=C(Cn1nc(O[C@@H]2C[C@H]2F)c2cc(Br)ccc2c1=O)Nc1ncc(F)cn1. The van der Waals surface area contributed by atoms with E-state index in [-0.39, 0.29) is 23.6 Å². The van der Waals surface area contributed by atoms with Gasteiger partial charge in [-0.1, -0.05) is 15.9 Å². The van der Waals surface area contributed by atoms with Crippen LogP contribution in [0.1, 0.15) is 6.42 Å². The van der Waals surface area contributed by atoms with Crippen LogP contribution >= 0.6 is 15.9 Å². The van der Waals surface area contributed by atoms with Crippen LogP contribution in [0.5, 0.6) is 5.88 Å². The Balaban J connectivity index is 1.65. The zero-order valence-corrected chi connectivity index (χ0v) is 15.7. The Morgan fingerprint density at radius 2 is 2.04 bits per heavy atom. The Hall–Kier alpha value is -2.95. The summed E-state index contributed by atoms with van der Waals surface area (Å²) in [7, 11) is 0. The summed E-state index contributed by atoms with van der Waals surface area (Å²) in [5, 5.41) is 7.12. The third-order valence-electron chi connectivity index (χ3n) is 3.97. The summed E-state index contributed by atoms with van der Waals surface area (Å²) in [6.45, 7) is -0.453. The van der Waals surface area contributed by atoms with E-state index < -0.39 is 36.1 Å². The van der Waals surface area contributed by atoms with Crippen LogP contribution in [0.15, 0.2) is 39.9 Å². The molecule has 1 aromatic carbocycles. The zero-order valence-electron chi connectivity index (χ0n) is 14.1. The molecule has 0 bridgehead atoms. The molecular weight excluding hydrogens is 440 g/mol. The Morgan fingerprint density at radius 1 is 1.32 bits per heavy atom. The lowest BCUT2D eigenvalue weighted by atomic mass is 10.2. The minimum atomic E-state index is -1.08. The summed E-state index contributed by atoms with van der Waals surface area (Å²) < 4.78 is 33.3. The van der Waals surface area contributed by atoms with Crippen molar-refractivity contribution in [1.29, 1.82) is 0 Å². The van der Waals surface area contributed by atoms with Gasteiger partial charge in [0, 0.05) is 10.9 Å². The molecule has 144 valence electrons. The normalized spacial score (nSPS) is 18.1. The maximum Gasteiger partial charge on any atom is 0.275 e. The van der Waals surface area contributed by atoms with E-state index in [0.717, 1.165) is 17.1 Å². The molecular formula is C17H12BrF2N5O3. The van der Waals surface area contributed by atoms with Gasteiger partial charge in [0.25, 0.3) is 5.56 Å². The van der Waals surface area contributed by atoms with E-state index in [1.807, 2.05) is 0 Å². The quantitative estimate of drug-likeness (QED) is 0.638. The number of nitrogens with zero attached hydrogens (tertiary/aromatic N) is 4. The summed E-state index contributed by atoms with van der Waals surface area (Å²) in [6, 6.07) is 4.87. The summed E-state index contributed by atoms with van der Waals surface area (Å²) >= 11 is 3.31. The third-order valence-corrected chi connectivity index (χ3v) is 4.47. The lowest BCUT2D eigenvalue weighted by Gasteiger charge is -2.12. The highest BCUT2D eigenvalue weighted by Gasteiger charge is 2.41. The fourth-order valence-electron chi connectivity index (χ4n) is 2.51. The van der Waals surface area contributed by atoms with E-state index in [1.54, 1.807) is 18.2 Å². The second-order valence-corrected chi connectivity index (χ2v) is 7.05. The van der Waals surface area contributed by atoms with Gasteiger partial charge < -0.3 is 4.74 Å². The number of rotatable bonds is 5. The summed E-state index contributed by atoms with van der Waals surface area (Å²) in [5.74, 6) is -1.34. The van der Waals surface area contributed by atoms with Gasteiger partial charge in [-0.2, -0.15) is 0 Å². The third kappa shape index (κ3) is 3.84. The molecule has 1 amide bonds. The van der Waals surface area contributed by atoms with Crippen molar-refractivity contribution in [3.8, 4) is 5.88 Å². The van der Waals surface area contributed by atoms with E-state index in [1.165, 1.54) is 0 Å². The molecule has 0 aliphatic heterocycles. The molecule has 11 heteroatoms. The largest absolute Gasteiger partial charge is 0.470 e. The summed E-state index contributed by atoms with van der Waals surface area (Å²) in [4.78, 5) is 32.1. The van der Waals surface area contributed by atoms with Gasteiger partial charge in [0.05, 0.1) is 23.2 Å². The van der Waals surface area contributed by atoms with Crippen molar-refractivity contribution in [2.75, 3.05) is 5.32 Å². The average molecular weight is 452 g/mol. The van der Waals surface area contributed by atoms with Gasteiger partial charge in [-0.3, -0.25) is 14.9 Å². The number of hydrogen-bond acceptors (Lipinski definition) is 6. The highest BCUT2D eigenvalue weighted by Crippen LogP contribution is 2.33. The van der Waals surface area contributed by atoms with E-state index >= 15 is 0 Å². The Labute approximate surface area is 164 Å². The first kappa shape index (κ1) is 18.4. The van der Waals surface area contributed by atoms with Crippen LogP contribution in [0.3, 0.4) is 0 Å². The van der Waals surface area contributed by atoms with Crippen molar-refractivity contribution in [1.82, 2.24) is 19.7 Å². The molecule has 1 aliphatic rings. The molecule has 4 rings (SSSR count). The first-order valence-corrected chi connectivity index (χ1v) is 8.98. The lowest BCUT2D eigenvalue weighted by Crippen LogP contribution is -2.30. The minimum absolute atomic E-state index is 0.0619. The van der Waals surface area contributed by atoms with Crippen molar-refractivity contribution in [3.05, 3.63) is 51.2 Å². The minimum Gasteiger partial charge on any atom is -0.470 e. The second-order valence-electron chi connectivity index (χ2n) is 6.14. The van der Waals surface area contributed by atoms with E-state index in [2.05, 4.69) is 36.3 Å². The van der Waals surface area contributed by atoms with Crippen molar-refractivity contribution >= 4 is 38.6 Å². The number of fused-ring (bicyclic) bond motifs is 1. The number of nitrogens with one attached hydrogen (secondary N) is 1. The van der Waals surface area contributed by atoms with Crippen molar-refractivity contribution in [2.24, 2.45) is 0 Å². The zero-order chi connectivity index (χ0) is 19.8. The first-order chi connectivity index (χ1) is 13.4. The Morgan fingerprint density at radius 3 is 2.71 bits per heavy atom. The van der Waals surface area contributed by atoms with Gasteiger partial charge in [-0.15, -0.1) is 5.10 Å². The summed E-state index contributed by atoms with van der Waals surface area (Å²) in [5.41, 5.74) is -0.516. The molecule has 2 aromatic heterocycles. The first-order valence-electron chi connectivity index (χ1n) is 8.19. The predicted octanol–water partition coefficient (Wildman–Crippen LogP) is 2.22. The highest BCUT2D eigenvalue weighted by atomic mass is 79.9. The topological polar surface area (TPSA) is 99.0 Å². The molecule has 1 N–H and O–H groups in total. The van der Waals surface area contributed by atoms with Crippen LogP contribution in [0, 0.1) is 5.82 Å². The predicted molar refractivity (Wildman–Crippen MR) is 98.3 cm³/mol. The maximum absolute atomic E-state index is 13.3. The average Bonchev–Trinajstić information content (AvgIpc) is 3.35. The number of benzene rings is 1. The molecule has 0 saturated heterocycles. The van der Waals surface area contributed by atoms with Gasteiger partial charge in [-0.05, 0) is 18.2 Å². The Bertz CT molecular complexity index is 1120. The number of carbonyl (C=O) groups is 1. The number of anilines is 1. The monoisotopic (exact) mass is 451 g/mol. The lowest BCUT2D eigenvalue weighted by molar-refractivity contribution is -0.117. The van der Waals surface area contributed by atoms with Crippen LogP contribution in [0.25, 0.3) is 10.8 Å². The van der Waals surface area contributed by atoms with Crippen LogP contribution in [0.2, 0.25) is 0 Å². The number of halogens is 3. The fraction of sp³-hybridized carbons (Fsp3) is 0.235. The van der Waals surface area contributed by atoms with Crippen LogP contribution in [-0.2, 0) is 11.3 Å². The number of carbonyl (C=O) groups excluding carboxylic acids is 1. The van der Waals surface area contributed by atoms with Crippen molar-refractivity contribution < 1.29 is 18.3 Å². The molecule has 1 aliphatic carbocycles. The highest BCUT2D eigenvalue weighted by molar-refractivity contribution is 9.10. The van der Waals surface area contributed by atoms with Crippen LogP contribution in [0.4, 0.5) is 14.7 Å². The Kier molecular flexibility index (Phi) is 4.75. The van der Waals surface area contributed by atoms with E-state index in [4.69, 9.17) is 4.74 Å². The molecule has 1 saturated carbocycles. The molecule has 1 fully saturated rings. The molecule has 0 unspecified atom stereocenters. The van der Waals surface area contributed by atoms with Crippen molar-refractivity contribution in [2.45, 2.75) is 25.2 Å². The number of ether oxygens (including phenoxy) is 1. The maximum atomic E-state index is 13.3. The van der Waals surface area contributed by atoms with Gasteiger partial charge in [0.2, 0.25) is 17.7 Å². The summed E-state index contributed by atoms with van der Waals surface area (Å²) in [6.07, 6.45) is 0.343. The van der Waals surface area contributed by atoms with Gasteiger partial charge >= 0.3 is 0 Å². The molecule has 0 radical (unpaired) electrons. The standard InChI is InChI=1S/C17H12BrF2N5O3/c18-8-1-2-10-11(3-8)15(28-13-4-12(13)20)24-25(16(10)27)7-14(26)23-17-21-5-9(19)6-22-17/h1-3,5-6,12-13H,4,7H2,(H,21,22,23,26)/t12-,13-/m1/s1. The van der Waals surface area contributed by atoms with Gasteiger partial charge in [0.1, 0.15) is 18.8 Å². The number of alkyl halides is 1. The molecule has 2 heterocycles. The number of amides is 1. The molecule has 0 spiro atoms. The van der Waals surface area contributed by atoms with Gasteiger partial charge in [-0.25, -0.2) is 23.4 Å². The van der Waals surface area contributed by atoms with Crippen molar-refractivity contribution in [3.63, 3.8) is 0 Å². The molecule has 28 heavy (non-hydrogen) atoms. The van der Waals surface area contributed by atoms with Gasteiger partial charge in [0.15, 0.2) is 5.82 Å². The molecule has 3 aromatic rings. The van der Waals surface area contributed by atoms with Crippen LogP contribution < -0.4 is 15.6 Å². The van der Waals surface area contributed by atoms with E-state index in [9.17, 15) is 18.4 Å².